The molecule has 0 atom stereocenters. The van der Waals surface area contributed by atoms with Crippen LogP contribution in [0.25, 0.3) is 11.3 Å². The first-order valence-corrected chi connectivity index (χ1v) is 6.59. The second-order valence-electron chi connectivity index (χ2n) is 4.12. The highest BCUT2D eigenvalue weighted by Crippen LogP contribution is 2.23. The van der Waals surface area contributed by atoms with E-state index in [1.165, 1.54) is 6.33 Å². The summed E-state index contributed by atoms with van der Waals surface area (Å²) in [5.41, 5.74) is 1.06. The first-order valence-electron chi connectivity index (χ1n) is 6.18. The minimum absolute atomic E-state index is 0.0305. The predicted octanol–water partition coefficient (Wildman–Crippen LogP) is 4.12. The number of H-pyrrole nitrogens is 1. The zero-order chi connectivity index (χ0) is 13.7. The highest BCUT2D eigenvalue weighted by molar-refractivity contribution is 7.71. The van der Waals surface area contributed by atoms with E-state index in [0.717, 1.165) is 18.6 Å². The molecule has 1 aromatic heterocycles. The van der Waals surface area contributed by atoms with E-state index in [-0.39, 0.29) is 4.64 Å². The van der Waals surface area contributed by atoms with E-state index < -0.39 is 5.82 Å². The summed E-state index contributed by atoms with van der Waals surface area (Å²) in [6.45, 7) is 2.81. The summed E-state index contributed by atoms with van der Waals surface area (Å²) >= 11 is 4.81. The Hall–Kier alpha value is -1.75. The van der Waals surface area contributed by atoms with Crippen LogP contribution in [0.4, 0.5) is 4.39 Å². The molecule has 0 fully saturated rings. The van der Waals surface area contributed by atoms with Crippen LogP contribution in [0, 0.1) is 10.5 Å². The molecule has 1 heterocycles. The second kappa shape index (κ2) is 6.43. The summed E-state index contributed by atoms with van der Waals surface area (Å²) in [5, 5.41) is 0. The molecule has 0 amide bonds. The van der Waals surface area contributed by atoms with Gasteiger partial charge in [-0.1, -0.05) is 25.6 Å². The van der Waals surface area contributed by atoms with Gasteiger partial charge < -0.3 is 9.72 Å². The lowest BCUT2D eigenvalue weighted by Crippen LogP contribution is -1.96. The topological polar surface area (TPSA) is 37.9 Å². The van der Waals surface area contributed by atoms with Gasteiger partial charge in [-0.2, -0.15) is 0 Å². The van der Waals surface area contributed by atoms with E-state index in [1.54, 1.807) is 12.1 Å². The van der Waals surface area contributed by atoms with Crippen molar-refractivity contribution in [3.05, 3.63) is 41.1 Å². The normalized spacial score (nSPS) is 10.4. The van der Waals surface area contributed by atoms with Crippen LogP contribution in [0.1, 0.15) is 19.8 Å². The molecule has 0 aliphatic carbocycles. The summed E-state index contributed by atoms with van der Waals surface area (Å²) in [7, 11) is 0. The third-order valence-electron chi connectivity index (χ3n) is 2.71. The van der Waals surface area contributed by atoms with E-state index >= 15 is 0 Å². The van der Waals surface area contributed by atoms with Crippen LogP contribution < -0.4 is 4.74 Å². The number of aromatic amines is 1. The maximum absolute atomic E-state index is 13.8. The lowest BCUT2D eigenvalue weighted by Gasteiger charge is -2.07. The van der Waals surface area contributed by atoms with E-state index in [1.807, 2.05) is 12.1 Å². The van der Waals surface area contributed by atoms with Crippen LogP contribution in [0.3, 0.4) is 0 Å². The highest BCUT2D eigenvalue weighted by atomic mass is 32.1. The van der Waals surface area contributed by atoms with Crippen molar-refractivity contribution in [2.24, 2.45) is 0 Å². The van der Waals surface area contributed by atoms with Gasteiger partial charge in [-0.15, -0.1) is 0 Å². The van der Waals surface area contributed by atoms with Gasteiger partial charge in [-0.25, -0.2) is 9.37 Å². The monoisotopic (exact) mass is 278 g/mol. The molecular weight excluding hydrogens is 263 g/mol. The molecule has 5 heteroatoms. The minimum atomic E-state index is -0.503. The van der Waals surface area contributed by atoms with Gasteiger partial charge in [-0.05, 0) is 30.7 Å². The zero-order valence-corrected chi connectivity index (χ0v) is 11.5. The van der Waals surface area contributed by atoms with Crippen molar-refractivity contribution in [2.75, 3.05) is 6.61 Å². The molecule has 0 aliphatic rings. The second-order valence-corrected chi connectivity index (χ2v) is 4.51. The standard InChI is InChI=1S/C14H15FN2OS/c1-2-3-8-18-11-6-4-10(5-7-11)13-12(15)14(19)17-9-16-13/h4-7,9H,2-3,8H2,1H3,(H,16,17,19). The Morgan fingerprint density at radius 1 is 1.32 bits per heavy atom. The summed E-state index contributed by atoms with van der Waals surface area (Å²) < 4.78 is 19.3. The van der Waals surface area contributed by atoms with Gasteiger partial charge in [-0.3, -0.25) is 0 Å². The SMILES string of the molecule is CCCCOc1ccc(-c2[nH]cnc(=S)c2F)cc1. The Morgan fingerprint density at radius 2 is 2.05 bits per heavy atom. The van der Waals surface area contributed by atoms with E-state index in [0.29, 0.717) is 17.9 Å². The number of rotatable bonds is 5. The summed E-state index contributed by atoms with van der Waals surface area (Å²) in [6.07, 6.45) is 3.51. The van der Waals surface area contributed by atoms with Crippen molar-refractivity contribution >= 4 is 12.2 Å². The third-order valence-corrected chi connectivity index (χ3v) is 2.99. The van der Waals surface area contributed by atoms with Crippen molar-refractivity contribution in [1.29, 1.82) is 0 Å². The predicted molar refractivity (Wildman–Crippen MR) is 75.2 cm³/mol. The van der Waals surface area contributed by atoms with E-state index in [9.17, 15) is 4.39 Å². The molecule has 1 aromatic carbocycles. The number of ether oxygens (including phenoxy) is 1. The maximum atomic E-state index is 13.8. The minimum Gasteiger partial charge on any atom is -0.494 e. The molecule has 0 unspecified atom stereocenters. The fraction of sp³-hybridized carbons (Fsp3) is 0.286. The quantitative estimate of drug-likeness (QED) is 0.660. The van der Waals surface area contributed by atoms with Crippen LogP contribution in [0.15, 0.2) is 30.6 Å². The average Bonchev–Trinajstić information content (AvgIpc) is 2.43. The van der Waals surface area contributed by atoms with Crippen LogP contribution >= 0.6 is 12.2 Å². The van der Waals surface area contributed by atoms with Gasteiger partial charge in [0, 0.05) is 5.56 Å². The molecule has 0 saturated heterocycles. The molecule has 19 heavy (non-hydrogen) atoms. The number of hydrogen-bond acceptors (Lipinski definition) is 3. The van der Waals surface area contributed by atoms with Crippen LogP contribution in [-0.2, 0) is 0 Å². The number of nitrogens with one attached hydrogen (secondary N) is 1. The molecule has 0 bridgehead atoms. The molecule has 0 radical (unpaired) electrons. The molecule has 2 rings (SSSR count). The van der Waals surface area contributed by atoms with Crippen molar-refractivity contribution < 1.29 is 9.13 Å². The summed E-state index contributed by atoms with van der Waals surface area (Å²) in [5.74, 6) is 0.280. The lowest BCUT2D eigenvalue weighted by molar-refractivity contribution is 0.309. The van der Waals surface area contributed by atoms with Crippen molar-refractivity contribution in [3.63, 3.8) is 0 Å². The molecule has 100 valence electrons. The van der Waals surface area contributed by atoms with Crippen LogP contribution in [0.2, 0.25) is 0 Å². The number of halogens is 1. The van der Waals surface area contributed by atoms with Crippen molar-refractivity contribution in [1.82, 2.24) is 9.97 Å². The van der Waals surface area contributed by atoms with Gasteiger partial charge in [0.25, 0.3) is 0 Å². The number of aromatic nitrogens is 2. The molecule has 0 aliphatic heterocycles. The molecule has 0 spiro atoms. The lowest BCUT2D eigenvalue weighted by atomic mass is 10.1. The van der Waals surface area contributed by atoms with E-state index in [4.69, 9.17) is 17.0 Å². The summed E-state index contributed by atoms with van der Waals surface area (Å²) in [4.78, 5) is 6.46. The van der Waals surface area contributed by atoms with E-state index in [2.05, 4.69) is 16.9 Å². The maximum Gasteiger partial charge on any atom is 0.183 e. The number of unbranched alkanes of at least 4 members (excludes halogenated alkanes) is 1. The fourth-order valence-electron chi connectivity index (χ4n) is 1.64. The number of nitrogens with zero attached hydrogens (tertiary/aromatic N) is 1. The highest BCUT2D eigenvalue weighted by Gasteiger charge is 2.07. The van der Waals surface area contributed by atoms with Gasteiger partial charge >= 0.3 is 0 Å². The largest absolute Gasteiger partial charge is 0.494 e. The van der Waals surface area contributed by atoms with Gasteiger partial charge in [0.15, 0.2) is 10.5 Å². The van der Waals surface area contributed by atoms with Gasteiger partial charge in [0.1, 0.15) is 5.75 Å². The molecule has 3 nitrogen and oxygen atoms in total. The van der Waals surface area contributed by atoms with Crippen molar-refractivity contribution in [3.8, 4) is 17.0 Å². The molecule has 1 N–H and O–H groups in total. The van der Waals surface area contributed by atoms with Crippen LogP contribution in [-0.4, -0.2) is 16.6 Å². The Kier molecular flexibility index (Phi) is 4.63. The third kappa shape index (κ3) is 3.38. The number of hydrogen-bond donors (Lipinski definition) is 1. The number of benzene rings is 1. The summed E-state index contributed by atoms with van der Waals surface area (Å²) in [6, 6.07) is 7.24. The Bertz CT molecular complexity index is 595. The Balaban J connectivity index is 2.18. The molecule has 2 aromatic rings. The van der Waals surface area contributed by atoms with Gasteiger partial charge in [0.2, 0.25) is 0 Å². The zero-order valence-electron chi connectivity index (χ0n) is 10.6. The molecular formula is C14H15FN2OS. The fourth-order valence-corrected chi connectivity index (χ4v) is 1.80. The smallest absolute Gasteiger partial charge is 0.183 e. The first-order chi connectivity index (χ1) is 9.22. The Labute approximate surface area is 116 Å². The average molecular weight is 278 g/mol. The Morgan fingerprint density at radius 3 is 2.74 bits per heavy atom. The molecule has 0 saturated carbocycles. The van der Waals surface area contributed by atoms with Crippen molar-refractivity contribution in [2.45, 2.75) is 19.8 Å². The van der Waals surface area contributed by atoms with Crippen LogP contribution in [0.5, 0.6) is 5.75 Å². The first kappa shape index (κ1) is 13.7. The van der Waals surface area contributed by atoms with Gasteiger partial charge in [0.05, 0.1) is 18.6 Å².